The van der Waals surface area contributed by atoms with Crippen molar-refractivity contribution in [2.24, 2.45) is 0 Å². The summed E-state index contributed by atoms with van der Waals surface area (Å²) in [5.41, 5.74) is 1.17. The number of ether oxygens (including phenoxy) is 1. The van der Waals surface area contributed by atoms with Crippen LogP contribution in [0.2, 0.25) is 0 Å². The van der Waals surface area contributed by atoms with E-state index in [4.69, 9.17) is 4.74 Å². The van der Waals surface area contributed by atoms with Crippen molar-refractivity contribution in [3.05, 3.63) is 30.1 Å². The van der Waals surface area contributed by atoms with Crippen LogP contribution in [0, 0.1) is 0 Å². The zero-order chi connectivity index (χ0) is 15.1. The summed E-state index contributed by atoms with van der Waals surface area (Å²) in [6, 6.07) is 3.95. The lowest BCUT2D eigenvalue weighted by molar-refractivity contribution is -0.133. The zero-order valence-electron chi connectivity index (χ0n) is 13.0. The average molecular weight is 291 g/mol. The predicted octanol–water partition coefficient (Wildman–Crippen LogP) is 1.54. The van der Waals surface area contributed by atoms with Crippen LogP contribution in [0.5, 0.6) is 0 Å². The van der Waals surface area contributed by atoms with Crippen LogP contribution in [0.15, 0.2) is 24.5 Å². The third-order valence-electron chi connectivity index (χ3n) is 3.78. The van der Waals surface area contributed by atoms with Gasteiger partial charge in [-0.15, -0.1) is 0 Å². The molecule has 1 amide bonds. The predicted molar refractivity (Wildman–Crippen MR) is 81.8 cm³/mol. The van der Waals surface area contributed by atoms with Crippen molar-refractivity contribution in [2.75, 3.05) is 33.8 Å². The summed E-state index contributed by atoms with van der Waals surface area (Å²) in [6.45, 7) is 2.70. The zero-order valence-corrected chi connectivity index (χ0v) is 13.0. The summed E-state index contributed by atoms with van der Waals surface area (Å²) in [4.78, 5) is 20.0. The summed E-state index contributed by atoms with van der Waals surface area (Å²) >= 11 is 0. The highest BCUT2D eigenvalue weighted by atomic mass is 16.5. The highest BCUT2D eigenvalue weighted by Crippen LogP contribution is 2.13. The summed E-state index contributed by atoms with van der Waals surface area (Å²) in [5, 5.41) is 0. The van der Waals surface area contributed by atoms with Crippen LogP contribution < -0.4 is 0 Å². The normalized spacial score (nSPS) is 18.7. The Morgan fingerprint density at radius 3 is 2.76 bits per heavy atom. The van der Waals surface area contributed by atoms with Crippen molar-refractivity contribution >= 4 is 5.91 Å². The summed E-state index contributed by atoms with van der Waals surface area (Å²) in [5.74, 6) is 0.140. The molecule has 0 aromatic carbocycles. The molecule has 0 radical (unpaired) electrons. The Bertz CT molecular complexity index is 432. The fourth-order valence-corrected chi connectivity index (χ4v) is 2.57. The molecule has 0 N–H and O–H groups in total. The third kappa shape index (κ3) is 5.44. The molecule has 0 aliphatic carbocycles. The first-order valence-corrected chi connectivity index (χ1v) is 7.58. The van der Waals surface area contributed by atoms with Gasteiger partial charge < -0.3 is 9.64 Å². The SMILES string of the molecule is CN(CC(=O)N(C)C[C@H]1CCCCO1)Cc1ccncc1. The van der Waals surface area contributed by atoms with Gasteiger partial charge in [-0.1, -0.05) is 0 Å². The summed E-state index contributed by atoms with van der Waals surface area (Å²) < 4.78 is 5.68. The summed E-state index contributed by atoms with van der Waals surface area (Å²) in [7, 11) is 3.82. The van der Waals surface area contributed by atoms with E-state index in [1.807, 2.05) is 31.1 Å². The molecule has 0 spiro atoms. The first kappa shape index (κ1) is 15.9. The molecule has 2 rings (SSSR count). The van der Waals surface area contributed by atoms with Gasteiger partial charge >= 0.3 is 0 Å². The number of carbonyl (C=O) groups excluding carboxylic acids is 1. The Morgan fingerprint density at radius 1 is 1.33 bits per heavy atom. The van der Waals surface area contributed by atoms with Crippen molar-refractivity contribution in [3.8, 4) is 0 Å². The van der Waals surface area contributed by atoms with E-state index in [1.165, 1.54) is 12.0 Å². The van der Waals surface area contributed by atoms with Gasteiger partial charge in [0.05, 0.1) is 12.6 Å². The van der Waals surface area contributed by atoms with E-state index in [9.17, 15) is 4.79 Å². The van der Waals surface area contributed by atoms with Crippen molar-refractivity contribution in [2.45, 2.75) is 31.9 Å². The van der Waals surface area contributed by atoms with Gasteiger partial charge in [-0.05, 0) is 44.0 Å². The first-order chi connectivity index (χ1) is 10.1. The molecule has 1 atom stereocenters. The molecular weight excluding hydrogens is 266 g/mol. The van der Waals surface area contributed by atoms with Gasteiger partial charge in [-0.2, -0.15) is 0 Å². The Morgan fingerprint density at radius 2 is 2.10 bits per heavy atom. The maximum Gasteiger partial charge on any atom is 0.236 e. The van der Waals surface area contributed by atoms with Crippen molar-refractivity contribution in [1.29, 1.82) is 0 Å². The van der Waals surface area contributed by atoms with E-state index < -0.39 is 0 Å². The minimum atomic E-state index is 0.140. The van der Waals surface area contributed by atoms with E-state index in [-0.39, 0.29) is 12.0 Å². The van der Waals surface area contributed by atoms with Gasteiger partial charge in [-0.3, -0.25) is 14.7 Å². The molecular formula is C16H25N3O2. The molecule has 0 unspecified atom stereocenters. The number of carbonyl (C=O) groups is 1. The Kier molecular flexibility index (Phi) is 6.14. The number of nitrogens with zero attached hydrogens (tertiary/aromatic N) is 3. The van der Waals surface area contributed by atoms with Crippen LogP contribution in [-0.2, 0) is 16.1 Å². The van der Waals surface area contributed by atoms with Crippen molar-refractivity contribution in [1.82, 2.24) is 14.8 Å². The van der Waals surface area contributed by atoms with Crippen LogP contribution in [0.1, 0.15) is 24.8 Å². The van der Waals surface area contributed by atoms with Gasteiger partial charge in [0.25, 0.3) is 0 Å². The van der Waals surface area contributed by atoms with Crippen LogP contribution >= 0.6 is 0 Å². The van der Waals surface area contributed by atoms with E-state index in [2.05, 4.69) is 4.98 Å². The number of pyridine rings is 1. The van der Waals surface area contributed by atoms with Gasteiger partial charge in [0.2, 0.25) is 5.91 Å². The quantitative estimate of drug-likeness (QED) is 0.797. The van der Waals surface area contributed by atoms with Crippen LogP contribution in [0.3, 0.4) is 0 Å². The van der Waals surface area contributed by atoms with Gasteiger partial charge in [0.15, 0.2) is 0 Å². The topological polar surface area (TPSA) is 45.7 Å². The number of hydrogen-bond donors (Lipinski definition) is 0. The largest absolute Gasteiger partial charge is 0.376 e. The molecule has 0 bridgehead atoms. The molecule has 1 aliphatic rings. The van der Waals surface area contributed by atoms with E-state index in [0.717, 1.165) is 26.0 Å². The second kappa shape index (κ2) is 8.10. The maximum absolute atomic E-state index is 12.2. The number of likely N-dealkylation sites (N-methyl/N-ethyl adjacent to an activating group) is 2. The van der Waals surface area contributed by atoms with Crippen LogP contribution in [0.25, 0.3) is 0 Å². The maximum atomic E-state index is 12.2. The fraction of sp³-hybridized carbons (Fsp3) is 0.625. The monoisotopic (exact) mass is 291 g/mol. The van der Waals surface area contributed by atoms with Gasteiger partial charge in [0, 0.05) is 39.1 Å². The molecule has 2 heterocycles. The Balaban J connectivity index is 1.74. The highest BCUT2D eigenvalue weighted by molar-refractivity contribution is 5.78. The fourth-order valence-electron chi connectivity index (χ4n) is 2.57. The molecule has 0 saturated carbocycles. The minimum absolute atomic E-state index is 0.140. The average Bonchev–Trinajstić information content (AvgIpc) is 2.49. The Labute approximate surface area is 126 Å². The molecule has 1 fully saturated rings. The molecule has 1 aromatic rings. The molecule has 5 heteroatoms. The van der Waals surface area contributed by atoms with E-state index in [1.54, 1.807) is 17.3 Å². The van der Waals surface area contributed by atoms with Gasteiger partial charge in [0.1, 0.15) is 0 Å². The molecule has 5 nitrogen and oxygen atoms in total. The third-order valence-corrected chi connectivity index (χ3v) is 3.78. The van der Waals surface area contributed by atoms with Crippen molar-refractivity contribution < 1.29 is 9.53 Å². The van der Waals surface area contributed by atoms with E-state index >= 15 is 0 Å². The highest BCUT2D eigenvalue weighted by Gasteiger charge is 2.19. The number of amides is 1. The first-order valence-electron chi connectivity index (χ1n) is 7.58. The number of rotatable bonds is 6. The molecule has 21 heavy (non-hydrogen) atoms. The Hall–Kier alpha value is -1.46. The number of aromatic nitrogens is 1. The lowest BCUT2D eigenvalue weighted by Crippen LogP contribution is -2.41. The number of hydrogen-bond acceptors (Lipinski definition) is 4. The second-order valence-electron chi connectivity index (χ2n) is 5.79. The van der Waals surface area contributed by atoms with Gasteiger partial charge in [-0.25, -0.2) is 0 Å². The molecule has 1 aromatic heterocycles. The molecule has 116 valence electrons. The standard InChI is InChI=1S/C16H25N3O2/c1-18(11-14-6-8-17-9-7-14)13-16(20)19(2)12-15-5-3-4-10-21-15/h6-9,15H,3-5,10-13H2,1-2H3/t15-/m1/s1. The lowest BCUT2D eigenvalue weighted by atomic mass is 10.1. The smallest absolute Gasteiger partial charge is 0.236 e. The molecule has 1 aliphatic heterocycles. The lowest BCUT2D eigenvalue weighted by Gasteiger charge is -2.28. The van der Waals surface area contributed by atoms with Crippen LogP contribution in [0.4, 0.5) is 0 Å². The van der Waals surface area contributed by atoms with Crippen molar-refractivity contribution in [3.63, 3.8) is 0 Å². The molecule has 1 saturated heterocycles. The summed E-state index contributed by atoms with van der Waals surface area (Å²) in [6.07, 6.45) is 7.16. The minimum Gasteiger partial charge on any atom is -0.376 e. The van der Waals surface area contributed by atoms with Crippen LogP contribution in [-0.4, -0.2) is 60.6 Å². The second-order valence-corrected chi connectivity index (χ2v) is 5.79. The van der Waals surface area contributed by atoms with E-state index in [0.29, 0.717) is 13.1 Å².